The van der Waals surface area contributed by atoms with Crippen LogP contribution in [0.25, 0.3) is 5.57 Å². The van der Waals surface area contributed by atoms with Gasteiger partial charge in [-0.3, -0.25) is 0 Å². The molecule has 0 unspecified atom stereocenters. The van der Waals surface area contributed by atoms with Gasteiger partial charge in [0.2, 0.25) is 0 Å². The van der Waals surface area contributed by atoms with Crippen LogP contribution in [0.15, 0.2) is 67.2 Å². The molecule has 0 saturated carbocycles. The van der Waals surface area contributed by atoms with Crippen molar-refractivity contribution in [3.8, 4) is 0 Å². The molecule has 0 saturated heterocycles. The second-order valence-corrected chi connectivity index (χ2v) is 5.02. The summed E-state index contributed by atoms with van der Waals surface area (Å²) < 4.78 is 0. The van der Waals surface area contributed by atoms with Gasteiger partial charge in [-0.15, -0.1) is 0 Å². The van der Waals surface area contributed by atoms with E-state index in [-0.39, 0.29) is 0 Å². The molecular formula is C18H20. The average Bonchev–Trinajstić information content (AvgIpc) is 2.40. The molecule has 1 atom stereocenters. The molecule has 0 aliphatic heterocycles. The fourth-order valence-electron chi connectivity index (χ4n) is 2.48. The predicted octanol–water partition coefficient (Wildman–Crippen LogP) is 5.14. The number of hydrogen-bond acceptors (Lipinski definition) is 0. The number of rotatable bonds is 4. The van der Waals surface area contributed by atoms with Crippen LogP contribution in [0.3, 0.4) is 0 Å². The van der Waals surface area contributed by atoms with Crippen LogP contribution in [-0.2, 0) is 0 Å². The fourth-order valence-corrected chi connectivity index (χ4v) is 2.48. The number of benzene rings is 2. The highest BCUT2D eigenvalue weighted by atomic mass is 14.2. The van der Waals surface area contributed by atoms with Crippen molar-refractivity contribution in [1.82, 2.24) is 0 Å². The zero-order valence-corrected chi connectivity index (χ0v) is 11.1. The lowest BCUT2D eigenvalue weighted by Gasteiger charge is -2.24. The SMILES string of the molecule is C=C(c1ccccc1)[C@H](c1ccccc1)C(C)C. The third kappa shape index (κ3) is 2.70. The number of allylic oxidation sites excluding steroid dienone is 1. The first-order valence-corrected chi connectivity index (χ1v) is 6.49. The third-order valence-corrected chi connectivity index (χ3v) is 3.35. The van der Waals surface area contributed by atoms with E-state index in [2.05, 4.69) is 75.0 Å². The maximum Gasteiger partial charge on any atom is 0.0112 e. The van der Waals surface area contributed by atoms with Gasteiger partial charge in [-0.25, -0.2) is 0 Å². The minimum atomic E-state index is 0.383. The summed E-state index contributed by atoms with van der Waals surface area (Å²) in [5.74, 6) is 0.925. The molecule has 0 nitrogen and oxygen atoms in total. The molecule has 18 heavy (non-hydrogen) atoms. The van der Waals surface area contributed by atoms with Gasteiger partial charge in [-0.05, 0) is 22.6 Å². The molecule has 2 aromatic rings. The van der Waals surface area contributed by atoms with Crippen molar-refractivity contribution in [3.63, 3.8) is 0 Å². The van der Waals surface area contributed by atoms with E-state index in [1.807, 2.05) is 6.07 Å². The molecule has 0 heteroatoms. The summed E-state index contributed by atoms with van der Waals surface area (Å²) in [5.41, 5.74) is 3.79. The van der Waals surface area contributed by atoms with Gasteiger partial charge in [0, 0.05) is 5.92 Å². The quantitative estimate of drug-likeness (QED) is 0.689. The zero-order chi connectivity index (χ0) is 13.0. The molecule has 0 bridgehead atoms. The predicted molar refractivity (Wildman–Crippen MR) is 79.5 cm³/mol. The Kier molecular flexibility index (Phi) is 3.99. The molecule has 0 aliphatic carbocycles. The zero-order valence-electron chi connectivity index (χ0n) is 11.1. The highest BCUT2D eigenvalue weighted by Crippen LogP contribution is 2.36. The van der Waals surface area contributed by atoms with Crippen LogP contribution < -0.4 is 0 Å². The largest absolute Gasteiger partial charge is 0.0946 e. The Labute approximate surface area is 110 Å². The third-order valence-electron chi connectivity index (χ3n) is 3.35. The molecule has 0 aromatic heterocycles. The van der Waals surface area contributed by atoms with Crippen LogP contribution >= 0.6 is 0 Å². The normalized spacial score (nSPS) is 12.4. The maximum atomic E-state index is 4.32. The van der Waals surface area contributed by atoms with Crippen molar-refractivity contribution in [1.29, 1.82) is 0 Å². The van der Waals surface area contributed by atoms with Gasteiger partial charge in [-0.1, -0.05) is 81.1 Å². The van der Waals surface area contributed by atoms with E-state index < -0.39 is 0 Å². The van der Waals surface area contributed by atoms with Crippen LogP contribution in [0.1, 0.15) is 30.9 Å². The maximum absolute atomic E-state index is 4.32. The van der Waals surface area contributed by atoms with E-state index in [4.69, 9.17) is 0 Å². The number of hydrogen-bond donors (Lipinski definition) is 0. The van der Waals surface area contributed by atoms with Gasteiger partial charge in [0.1, 0.15) is 0 Å². The van der Waals surface area contributed by atoms with Crippen molar-refractivity contribution < 1.29 is 0 Å². The van der Waals surface area contributed by atoms with Crippen molar-refractivity contribution in [2.45, 2.75) is 19.8 Å². The van der Waals surface area contributed by atoms with Crippen LogP contribution in [0.5, 0.6) is 0 Å². The lowest BCUT2D eigenvalue weighted by Crippen LogP contribution is -2.08. The van der Waals surface area contributed by atoms with Gasteiger partial charge < -0.3 is 0 Å². The van der Waals surface area contributed by atoms with E-state index in [0.717, 1.165) is 0 Å². The monoisotopic (exact) mass is 236 g/mol. The van der Waals surface area contributed by atoms with Gasteiger partial charge in [0.05, 0.1) is 0 Å². The summed E-state index contributed by atoms with van der Waals surface area (Å²) in [5, 5.41) is 0. The molecular weight excluding hydrogens is 216 g/mol. The van der Waals surface area contributed by atoms with Crippen LogP contribution in [0.2, 0.25) is 0 Å². The Morgan fingerprint density at radius 2 is 1.33 bits per heavy atom. The van der Waals surface area contributed by atoms with Crippen molar-refractivity contribution in [3.05, 3.63) is 78.4 Å². The smallest absolute Gasteiger partial charge is 0.0112 e. The Morgan fingerprint density at radius 3 is 1.83 bits per heavy atom. The molecule has 2 aromatic carbocycles. The second-order valence-electron chi connectivity index (χ2n) is 5.02. The standard InChI is InChI=1S/C18H20/c1-14(2)18(17-12-8-5-9-13-17)15(3)16-10-6-4-7-11-16/h4-14,18H,3H2,1-2H3/t18-/m1/s1. The summed E-state index contributed by atoms with van der Waals surface area (Å²) in [7, 11) is 0. The average molecular weight is 236 g/mol. The molecule has 0 spiro atoms. The molecule has 92 valence electrons. The van der Waals surface area contributed by atoms with Crippen molar-refractivity contribution in [2.75, 3.05) is 0 Å². The minimum absolute atomic E-state index is 0.383. The molecule has 0 N–H and O–H groups in total. The Hall–Kier alpha value is -1.82. The second kappa shape index (κ2) is 5.68. The van der Waals surface area contributed by atoms with E-state index in [1.165, 1.54) is 16.7 Å². The van der Waals surface area contributed by atoms with Crippen LogP contribution in [0.4, 0.5) is 0 Å². The van der Waals surface area contributed by atoms with Crippen molar-refractivity contribution in [2.24, 2.45) is 5.92 Å². The van der Waals surface area contributed by atoms with Gasteiger partial charge >= 0.3 is 0 Å². The molecule has 0 amide bonds. The Morgan fingerprint density at radius 1 is 0.833 bits per heavy atom. The lowest BCUT2D eigenvalue weighted by molar-refractivity contribution is 0.591. The fraction of sp³-hybridized carbons (Fsp3) is 0.222. The van der Waals surface area contributed by atoms with Crippen LogP contribution in [0, 0.1) is 5.92 Å². The summed E-state index contributed by atoms with van der Waals surface area (Å²) in [6.45, 7) is 8.83. The summed E-state index contributed by atoms with van der Waals surface area (Å²) in [4.78, 5) is 0. The summed E-state index contributed by atoms with van der Waals surface area (Å²) in [6.07, 6.45) is 0. The first-order chi connectivity index (χ1) is 8.70. The first kappa shape index (κ1) is 12.6. The highest BCUT2D eigenvalue weighted by Gasteiger charge is 2.19. The van der Waals surface area contributed by atoms with Gasteiger partial charge in [0.25, 0.3) is 0 Å². The van der Waals surface area contributed by atoms with E-state index in [9.17, 15) is 0 Å². The molecule has 0 radical (unpaired) electrons. The first-order valence-electron chi connectivity index (χ1n) is 6.49. The van der Waals surface area contributed by atoms with Gasteiger partial charge in [0.15, 0.2) is 0 Å². The van der Waals surface area contributed by atoms with E-state index in [1.54, 1.807) is 0 Å². The highest BCUT2D eigenvalue weighted by molar-refractivity contribution is 5.69. The van der Waals surface area contributed by atoms with Crippen molar-refractivity contribution >= 4 is 5.57 Å². The Balaban J connectivity index is 2.35. The molecule has 2 rings (SSSR count). The molecule has 0 heterocycles. The lowest BCUT2D eigenvalue weighted by atomic mass is 9.80. The van der Waals surface area contributed by atoms with E-state index in [0.29, 0.717) is 11.8 Å². The topological polar surface area (TPSA) is 0 Å². The van der Waals surface area contributed by atoms with Crippen LogP contribution in [-0.4, -0.2) is 0 Å². The van der Waals surface area contributed by atoms with E-state index >= 15 is 0 Å². The molecule has 0 aliphatic rings. The summed E-state index contributed by atoms with van der Waals surface area (Å²) >= 11 is 0. The Bertz CT molecular complexity index is 494. The molecule has 0 fully saturated rings. The minimum Gasteiger partial charge on any atom is -0.0946 e. The van der Waals surface area contributed by atoms with Gasteiger partial charge in [-0.2, -0.15) is 0 Å². The summed E-state index contributed by atoms with van der Waals surface area (Å²) in [6, 6.07) is 21.1.